The molecule has 0 saturated carbocycles. The minimum atomic E-state index is 0.232. The van der Waals surface area contributed by atoms with Gasteiger partial charge in [-0.2, -0.15) is 0 Å². The number of likely N-dealkylation sites (N-methyl/N-ethyl adjacent to an activating group) is 1. The lowest BCUT2D eigenvalue weighted by Gasteiger charge is -2.25. The lowest BCUT2D eigenvalue weighted by molar-refractivity contribution is 0.366. The molecule has 2 nitrogen and oxygen atoms in total. The smallest absolute Gasteiger partial charge is 0.0168 e. The van der Waals surface area contributed by atoms with Gasteiger partial charge in [0.25, 0.3) is 0 Å². The van der Waals surface area contributed by atoms with Crippen LogP contribution in [0.5, 0.6) is 0 Å². The van der Waals surface area contributed by atoms with Crippen LogP contribution in [0.3, 0.4) is 0 Å². The second-order valence-electron chi connectivity index (χ2n) is 3.85. The average molecular weight is 144 g/mol. The predicted molar refractivity (Wildman–Crippen MR) is 46.3 cm³/mol. The van der Waals surface area contributed by atoms with Crippen LogP contribution in [0.4, 0.5) is 0 Å². The van der Waals surface area contributed by atoms with E-state index in [-0.39, 0.29) is 5.54 Å². The highest BCUT2D eigenvalue weighted by Crippen LogP contribution is 1.99. The molecule has 0 aromatic carbocycles. The zero-order chi connectivity index (χ0) is 8.20. The van der Waals surface area contributed by atoms with Crippen molar-refractivity contribution in [1.82, 2.24) is 10.6 Å². The van der Waals surface area contributed by atoms with E-state index in [1.807, 2.05) is 7.05 Å². The van der Waals surface area contributed by atoms with Crippen molar-refractivity contribution >= 4 is 0 Å². The fourth-order valence-corrected chi connectivity index (χ4v) is 1.10. The highest BCUT2D eigenvalue weighted by molar-refractivity contribution is 4.75. The average Bonchev–Trinajstić information content (AvgIpc) is 1.59. The number of hydrogen-bond donors (Lipinski definition) is 2. The maximum absolute atomic E-state index is 3.46. The largest absolute Gasteiger partial charge is 0.318 e. The third kappa shape index (κ3) is 6.05. The molecule has 0 aromatic heterocycles. The first-order valence-electron chi connectivity index (χ1n) is 3.88. The Bertz CT molecular complexity index is 83.7. The van der Waals surface area contributed by atoms with Gasteiger partial charge >= 0.3 is 0 Å². The molecule has 0 aliphatic carbocycles. The van der Waals surface area contributed by atoms with Crippen LogP contribution in [0.2, 0.25) is 0 Å². The van der Waals surface area contributed by atoms with Gasteiger partial charge in [-0.15, -0.1) is 0 Å². The van der Waals surface area contributed by atoms with E-state index in [2.05, 4.69) is 38.3 Å². The van der Waals surface area contributed by atoms with Crippen LogP contribution in [0, 0.1) is 0 Å². The fourth-order valence-electron chi connectivity index (χ4n) is 1.10. The van der Waals surface area contributed by atoms with Gasteiger partial charge in [0.05, 0.1) is 0 Å². The molecule has 0 spiro atoms. The Kier molecular flexibility index (Phi) is 3.91. The summed E-state index contributed by atoms with van der Waals surface area (Å²) < 4.78 is 0. The normalized spacial score (nSPS) is 15.3. The molecule has 0 fully saturated rings. The van der Waals surface area contributed by atoms with Crippen LogP contribution in [0.25, 0.3) is 0 Å². The molecular weight excluding hydrogens is 124 g/mol. The van der Waals surface area contributed by atoms with Crippen LogP contribution in [-0.2, 0) is 0 Å². The Balaban J connectivity index is 3.47. The molecule has 1 unspecified atom stereocenters. The van der Waals surface area contributed by atoms with Crippen LogP contribution >= 0.6 is 0 Å². The van der Waals surface area contributed by atoms with Crippen LogP contribution in [-0.4, -0.2) is 25.2 Å². The van der Waals surface area contributed by atoms with E-state index in [0.29, 0.717) is 6.04 Å². The Hall–Kier alpha value is -0.0800. The summed E-state index contributed by atoms with van der Waals surface area (Å²) in [7, 11) is 1.97. The number of hydrogen-bond acceptors (Lipinski definition) is 2. The Morgan fingerprint density at radius 1 is 1.30 bits per heavy atom. The molecule has 0 radical (unpaired) electrons. The standard InChI is InChI=1S/C8H20N2/c1-7(6-9-5)10-8(2,3)4/h7,9-10H,6H2,1-5H3. The van der Waals surface area contributed by atoms with Gasteiger partial charge in [-0.05, 0) is 34.7 Å². The molecule has 0 amide bonds. The van der Waals surface area contributed by atoms with Gasteiger partial charge < -0.3 is 10.6 Å². The first kappa shape index (κ1) is 9.92. The molecule has 2 N–H and O–H groups in total. The van der Waals surface area contributed by atoms with Crippen molar-refractivity contribution in [2.75, 3.05) is 13.6 Å². The SMILES string of the molecule is CNCC(C)NC(C)(C)C. The lowest BCUT2D eigenvalue weighted by atomic mass is 10.1. The zero-order valence-electron chi connectivity index (χ0n) is 7.78. The third-order valence-electron chi connectivity index (χ3n) is 1.19. The van der Waals surface area contributed by atoms with Crippen LogP contribution in [0.15, 0.2) is 0 Å². The zero-order valence-corrected chi connectivity index (χ0v) is 7.78. The summed E-state index contributed by atoms with van der Waals surface area (Å²) in [6.45, 7) is 9.75. The monoisotopic (exact) mass is 144 g/mol. The van der Waals surface area contributed by atoms with Crippen LogP contribution < -0.4 is 10.6 Å². The van der Waals surface area contributed by atoms with Crippen molar-refractivity contribution in [3.63, 3.8) is 0 Å². The van der Waals surface area contributed by atoms with E-state index in [9.17, 15) is 0 Å². The molecular formula is C8H20N2. The van der Waals surface area contributed by atoms with Gasteiger partial charge in [0.2, 0.25) is 0 Å². The van der Waals surface area contributed by atoms with Crippen molar-refractivity contribution in [2.24, 2.45) is 0 Å². The molecule has 0 aliphatic rings. The van der Waals surface area contributed by atoms with E-state index in [1.54, 1.807) is 0 Å². The summed E-state index contributed by atoms with van der Waals surface area (Å²) in [6.07, 6.45) is 0. The molecule has 62 valence electrons. The summed E-state index contributed by atoms with van der Waals surface area (Å²) in [5.74, 6) is 0. The quantitative estimate of drug-likeness (QED) is 0.617. The minimum Gasteiger partial charge on any atom is -0.318 e. The van der Waals surface area contributed by atoms with Crippen molar-refractivity contribution in [3.8, 4) is 0 Å². The molecule has 0 heterocycles. The molecule has 0 aromatic rings. The summed E-state index contributed by atoms with van der Waals surface area (Å²) in [5, 5.41) is 6.59. The first-order chi connectivity index (χ1) is 4.45. The van der Waals surface area contributed by atoms with Crippen molar-refractivity contribution in [1.29, 1.82) is 0 Å². The van der Waals surface area contributed by atoms with Crippen LogP contribution in [0.1, 0.15) is 27.7 Å². The summed E-state index contributed by atoms with van der Waals surface area (Å²) in [4.78, 5) is 0. The second kappa shape index (κ2) is 3.94. The maximum Gasteiger partial charge on any atom is 0.0168 e. The van der Waals surface area contributed by atoms with Gasteiger partial charge in [0.1, 0.15) is 0 Å². The molecule has 0 saturated heterocycles. The third-order valence-corrected chi connectivity index (χ3v) is 1.19. The van der Waals surface area contributed by atoms with E-state index in [0.717, 1.165) is 6.54 Å². The molecule has 0 bridgehead atoms. The van der Waals surface area contributed by atoms with Crippen molar-refractivity contribution < 1.29 is 0 Å². The minimum absolute atomic E-state index is 0.232. The molecule has 1 atom stereocenters. The van der Waals surface area contributed by atoms with E-state index < -0.39 is 0 Å². The predicted octanol–water partition coefficient (Wildman–Crippen LogP) is 0.982. The second-order valence-corrected chi connectivity index (χ2v) is 3.85. The van der Waals surface area contributed by atoms with E-state index in [1.165, 1.54) is 0 Å². The van der Waals surface area contributed by atoms with Crippen molar-refractivity contribution in [3.05, 3.63) is 0 Å². The Labute approximate surface area is 64.4 Å². The maximum atomic E-state index is 3.46. The van der Waals surface area contributed by atoms with Gasteiger partial charge in [0, 0.05) is 18.1 Å². The van der Waals surface area contributed by atoms with E-state index in [4.69, 9.17) is 0 Å². The molecule has 0 aliphatic heterocycles. The highest BCUT2D eigenvalue weighted by atomic mass is 15.0. The fraction of sp³-hybridized carbons (Fsp3) is 1.00. The Morgan fingerprint density at radius 3 is 2.10 bits per heavy atom. The topological polar surface area (TPSA) is 24.1 Å². The summed E-state index contributed by atoms with van der Waals surface area (Å²) in [5.41, 5.74) is 0.232. The first-order valence-corrected chi connectivity index (χ1v) is 3.88. The Morgan fingerprint density at radius 2 is 1.80 bits per heavy atom. The van der Waals surface area contributed by atoms with Gasteiger partial charge in [-0.3, -0.25) is 0 Å². The van der Waals surface area contributed by atoms with Gasteiger partial charge in [-0.1, -0.05) is 0 Å². The molecule has 2 heteroatoms. The summed E-state index contributed by atoms with van der Waals surface area (Å²) >= 11 is 0. The van der Waals surface area contributed by atoms with Gasteiger partial charge in [0.15, 0.2) is 0 Å². The van der Waals surface area contributed by atoms with E-state index >= 15 is 0 Å². The molecule has 0 rings (SSSR count). The summed E-state index contributed by atoms with van der Waals surface area (Å²) in [6, 6.07) is 0.546. The molecule has 10 heavy (non-hydrogen) atoms. The number of rotatable bonds is 3. The number of nitrogens with one attached hydrogen (secondary N) is 2. The highest BCUT2D eigenvalue weighted by Gasteiger charge is 2.11. The van der Waals surface area contributed by atoms with Crippen molar-refractivity contribution in [2.45, 2.75) is 39.3 Å². The van der Waals surface area contributed by atoms with Gasteiger partial charge in [-0.25, -0.2) is 0 Å². The lowest BCUT2D eigenvalue weighted by Crippen LogP contribution is -2.46.